The van der Waals surface area contributed by atoms with Crippen LogP contribution in [-0.2, 0) is 6.54 Å². The molecular weight excluding hydrogens is 186 g/mol. The third kappa shape index (κ3) is 2.58. The second-order valence-electron chi connectivity index (χ2n) is 4.52. The molecule has 0 aromatic carbocycles. The fourth-order valence-electron chi connectivity index (χ4n) is 1.57. The molecule has 0 unspecified atom stereocenters. The first-order valence-electron chi connectivity index (χ1n) is 5.50. The molecule has 1 aliphatic rings. The Morgan fingerprint density at radius 2 is 2.27 bits per heavy atom. The molecule has 0 atom stereocenters. The normalized spacial score (nSPS) is 15.1. The maximum absolute atomic E-state index is 11.7. The molecule has 0 radical (unpaired) electrons. The van der Waals surface area contributed by atoms with Crippen LogP contribution in [0.3, 0.4) is 0 Å². The van der Waals surface area contributed by atoms with Crippen LogP contribution in [0.4, 0.5) is 0 Å². The first-order valence-corrected chi connectivity index (χ1v) is 5.50. The highest BCUT2D eigenvalue weighted by molar-refractivity contribution is 5.99. The number of ketones is 1. The van der Waals surface area contributed by atoms with Gasteiger partial charge < -0.3 is 4.57 Å². The van der Waals surface area contributed by atoms with Gasteiger partial charge in [-0.15, -0.1) is 0 Å². The third-order valence-corrected chi connectivity index (χ3v) is 2.69. The summed E-state index contributed by atoms with van der Waals surface area (Å²) >= 11 is 0. The van der Waals surface area contributed by atoms with Crippen molar-refractivity contribution < 1.29 is 4.79 Å². The van der Waals surface area contributed by atoms with E-state index in [1.54, 1.807) is 0 Å². The van der Waals surface area contributed by atoms with Crippen LogP contribution in [0, 0.1) is 5.92 Å². The first kappa shape index (κ1) is 10.2. The summed E-state index contributed by atoms with van der Waals surface area (Å²) in [7, 11) is 0. The van der Waals surface area contributed by atoms with E-state index >= 15 is 0 Å². The molecule has 2 nitrogen and oxygen atoms in total. The van der Waals surface area contributed by atoms with E-state index in [0.717, 1.165) is 24.9 Å². The van der Waals surface area contributed by atoms with Crippen molar-refractivity contribution in [2.45, 2.75) is 33.2 Å². The summed E-state index contributed by atoms with van der Waals surface area (Å²) in [5, 5.41) is 0. The van der Waals surface area contributed by atoms with Gasteiger partial charge in [-0.25, -0.2) is 0 Å². The lowest BCUT2D eigenvalue weighted by molar-refractivity contribution is 0.0967. The number of hydrogen-bond acceptors (Lipinski definition) is 1. The fraction of sp³-hybridized carbons (Fsp3) is 0.462. The predicted octanol–water partition coefficient (Wildman–Crippen LogP) is 3.05. The van der Waals surface area contributed by atoms with E-state index in [2.05, 4.69) is 24.5 Å². The number of carbonyl (C=O) groups is 1. The van der Waals surface area contributed by atoms with Crippen LogP contribution in [0.1, 0.15) is 37.0 Å². The van der Waals surface area contributed by atoms with E-state index in [1.165, 1.54) is 5.57 Å². The van der Waals surface area contributed by atoms with Crippen molar-refractivity contribution in [3.63, 3.8) is 0 Å². The summed E-state index contributed by atoms with van der Waals surface area (Å²) in [5.41, 5.74) is 2.18. The Balaban J connectivity index is 2.03. The van der Waals surface area contributed by atoms with Crippen LogP contribution in [-0.4, -0.2) is 10.4 Å². The van der Waals surface area contributed by atoms with Crippen molar-refractivity contribution in [3.05, 3.63) is 35.7 Å². The topological polar surface area (TPSA) is 22.0 Å². The van der Waals surface area contributed by atoms with Gasteiger partial charge in [0.1, 0.15) is 0 Å². The fourth-order valence-corrected chi connectivity index (χ4v) is 1.57. The van der Waals surface area contributed by atoms with Gasteiger partial charge in [-0.1, -0.05) is 11.6 Å². The average molecular weight is 203 g/mol. The molecule has 0 amide bonds. The van der Waals surface area contributed by atoms with E-state index in [4.69, 9.17) is 0 Å². The summed E-state index contributed by atoms with van der Waals surface area (Å²) in [6.07, 6.45) is 8.26. The number of carbonyl (C=O) groups excluding carboxylic acids is 1. The third-order valence-electron chi connectivity index (χ3n) is 2.69. The largest absolute Gasteiger partial charge is 0.350 e. The number of rotatable bonds is 4. The minimum absolute atomic E-state index is 0.323. The van der Waals surface area contributed by atoms with E-state index in [-0.39, 0.29) is 0 Å². The van der Waals surface area contributed by atoms with Gasteiger partial charge in [-0.2, -0.15) is 0 Å². The Morgan fingerprint density at radius 1 is 1.53 bits per heavy atom. The zero-order chi connectivity index (χ0) is 10.8. The number of aromatic nitrogens is 1. The van der Waals surface area contributed by atoms with Crippen LogP contribution in [0.15, 0.2) is 30.1 Å². The molecule has 1 saturated carbocycles. The molecular formula is C13H17NO. The quantitative estimate of drug-likeness (QED) is 0.544. The maximum atomic E-state index is 11.7. The molecule has 1 fully saturated rings. The molecule has 0 aliphatic heterocycles. The lowest BCUT2D eigenvalue weighted by Crippen LogP contribution is -1.99. The van der Waals surface area contributed by atoms with Crippen molar-refractivity contribution in [3.8, 4) is 0 Å². The molecule has 2 heteroatoms. The van der Waals surface area contributed by atoms with Crippen LogP contribution in [0.5, 0.6) is 0 Å². The van der Waals surface area contributed by atoms with Gasteiger partial charge in [0.15, 0.2) is 5.78 Å². The Morgan fingerprint density at radius 3 is 2.87 bits per heavy atom. The number of allylic oxidation sites excluding steroid dienone is 2. The van der Waals surface area contributed by atoms with Crippen molar-refractivity contribution in [2.24, 2.45) is 5.92 Å². The lowest BCUT2D eigenvalue weighted by Gasteiger charge is -1.97. The molecule has 1 aromatic heterocycles. The second-order valence-corrected chi connectivity index (χ2v) is 4.52. The van der Waals surface area contributed by atoms with Crippen LogP contribution >= 0.6 is 0 Å². The van der Waals surface area contributed by atoms with Crippen LogP contribution in [0.25, 0.3) is 0 Å². The monoisotopic (exact) mass is 203 g/mol. The summed E-state index contributed by atoms with van der Waals surface area (Å²) in [5.74, 6) is 0.648. The van der Waals surface area contributed by atoms with E-state index in [9.17, 15) is 4.79 Å². The molecule has 1 aliphatic carbocycles. The molecule has 0 saturated heterocycles. The lowest BCUT2D eigenvalue weighted by atomic mass is 10.1. The Labute approximate surface area is 90.6 Å². The van der Waals surface area contributed by atoms with Gasteiger partial charge in [-0.05, 0) is 32.8 Å². The Hall–Kier alpha value is -1.31. The van der Waals surface area contributed by atoms with E-state index in [1.807, 2.05) is 18.5 Å². The smallest absolute Gasteiger partial charge is 0.167 e. The highest BCUT2D eigenvalue weighted by Crippen LogP contribution is 2.32. The maximum Gasteiger partial charge on any atom is 0.167 e. The highest BCUT2D eigenvalue weighted by Gasteiger charge is 2.30. The molecule has 2 rings (SSSR count). The van der Waals surface area contributed by atoms with Gasteiger partial charge >= 0.3 is 0 Å². The Bertz CT molecular complexity index is 392. The van der Waals surface area contributed by atoms with Gasteiger partial charge in [0.05, 0.1) is 0 Å². The summed E-state index contributed by atoms with van der Waals surface area (Å²) in [4.78, 5) is 11.7. The second kappa shape index (κ2) is 4.05. The summed E-state index contributed by atoms with van der Waals surface area (Å²) in [6.45, 7) is 5.03. The van der Waals surface area contributed by atoms with E-state index in [0.29, 0.717) is 11.7 Å². The predicted molar refractivity (Wildman–Crippen MR) is 60.9 cm³/mol. The van der Waals surface area contributed by atoms with Crippen molar-refractivity contribution >= 4 is 5.78 Å². The van der Waals surface area contributed by atoms with Crippen molar-refractivity contribution in [1.29, 1.82) is 0 Å². The van der Waals surface area contributed by atoms with Crippen molar-refractivity contribution in [1.82, 2.24) is 4.57 Å². The number of nitrogens with zero attached hydrogens (tertiary/aromatic N) is 1. The number of Topliss-reactive ketones (excluding diaryl/α,β-unsaturated/α-hetero) is 1. The zero-order valence-corrected chi connectivity index (χ0v) is 9.36. The van der Waals surface area contributed by atoms with Crippen LogP contribution < -0.4 is 0 Å². The minimum Gasteiger partial charge on any atom is -0.350 e. The number of hydrogen-bond donors (Lipinski definition) is 0. The molecule has 1 aromatic rings. The van der Waals surface area contributed by atoms with Gasteiger partial charge in [-0.3, -0.25) is 4.79 Å². The molecule has 0 bridgehead atoms. The van der Waals surface area contributed by atoms with Crippen LogP contribution in [0.2, 0.25) is 0 Å². The average Bonchev–Trinajstić information content (AvgIpc) is 2.93. The van der Waals surface area contributed by atoms with Gasteiger partial charge in [0.25, 0.3) is 0 Å². The molecule has 80 valence electrons. The van der Waals surface area contributed by atoms with E-state index < -0.39 is 0 Å². The summed E-state index contributed by atoms with van der Waals surface area (Å²) < 4.78 is 2.06. The van der Waals surface area contributed by atoms with Crippen molar-refractivity contribution in [2.75, 3.05) is 0 Å². The molecule has 0 spiro atoms. The van der Waals surface area contributed by atoms with Gasteiger partial charge in [0, 0.05) is 30.4 Å². The minimum atomic E-state index is 0.323. The zero-order valence-electron chi connectivity index (χ0n) is 9.36. The molecule has 1 heterocycles. The Kier molecular flexibility index (Phi) is 2.76. The van der Waals surface area contributed by atoms with Gasteiger partial charge in [0.2, 0.25) is 0 Å². The highest BCUT2D eigenvalue weighted by atomic mass is 16.1. The SMILES string of the molecule is CC(C)=CCn1ccc(C(=O)C2CC2)c1. The molecule has 0 N–H and O–H groups in total. The molecule has 15 heavy (non-hydrogen) atoms. The first-order chi connectivity index (χ1) is 7.16. The summed E-state index contributed by atoms with van der Waals surface area (Å²) in [6, 6.07) is 1.93. The standard InChI is InChI=1S/C13H17NO/c1-10(2)5-7-14-8-6-12(9-14)13(15)11-3-4-11/h5-6,8-9,11H,3-4,7H2,1-2H3.